The summed E-state index contributed by atoms with van der Waals surface area (Å²) in [6, 6.07) is 5.87. The van der Waals surface area contributed by atoms with Gasteiger partial charge in [0.25, 0.3) is 5.56 Å². The third kappa shape index (κ3) is 3.96. The smallest absolute Gasteiger partial charge is 0.336 e. The number of nitrogens with one attached hydrogen (secondary N) is 2. The Balaban J connectivity index is 2.15. The molecular formula is C20H22FN3O3S. The number of carbonyl (C=O) groups excluding carboxylic acids is 1. The minimum Gasteiger partial charge on any atom is -0.466 e. The number of aromatic amines is 1. The fraction of sp³-hybridized carbons (Fsp3) is 0.350. The lowest BCUT2D eigenvalue weighted by Gasteiger charge is -2.28. The number of thioether (sulfide) groups is 1. The third-order valence-corrected chi connectivity index (χ3v) is 5.50. The van der Waals surface area contributed by atoms with Crippen molar-refractivity contribution >= 4 is 23.5 Å². The van der Waals surface area contributed by atoms with Crippen LogP contribution in [0.5, 0.6) is 0 Å². The van der Waals surface area contributed by atoms with Crippen molar-refractivity contribution in [3.05, 3.63) is 62.8 Å². The number of allylic oxidation sites excluding steroid dienone is 1. The number of benzene rings is 1. The number of methoxy groups -OCH3 is 1. The van der Waals surface area contributed by atoms with Gasteiger partial charge in [-0.05, 0) is 31.0 Å². The highest BCUT2D eigenvalue weighted by atomic mass is 32.2. The number of hydrogen-bond acceptors (Lipinski definition) is 6. The molecular weight excluding hydrogens is 381 g/mol. The Bertz CT molecular complexity index is 987. The van der Waals surface area contributed by atoms with Crippen molar-refractivity contribution in [3.63, 3.8) is 0 Å². The first kappa shape index (κ1) is 20.1. The molecule has 1 atom stereocenters. The lowest BCUT2D eigenvalue weighted by atomic mass is 9.82. The summed E-state index contributed by atoms with van der Waals surface area (Å²) in [5, 5.41) is 3.56. The van der Waals surface area contributed by atoms with Crippen molar-refractivity contribution in [2.24, 2.45) is 0 Å². The van der Waals surface area contributed by atoms with E-state index in [1.165, 1.54) is 31.0 Å². The van der Waals surface area contributed by atoms with Gasteiger partial charge in [-0.2, -0.15) is 0 Å². The predicted molar refractivity (Wildman–Crippen MR) is 107 cm³/mol. The van der Waals surface area contributed by atoms with E-state index in [0.717, 1.165) is 18.6 Å². The van der Waals surface area contributed by atoms with Crippen LogP contribution in [0.1, 0.15) is 43.7 Å². The molecule has 0 radical (unpaired) electrons. The highest BCUT2D eigenvalue weighted by molar-refractivity contribution is 7.99. The van der Waals surface area contributed by atoms with Crippen LogP contribution in [0.4, 0.5) is 10.2 Å². The molecule has 0 saturated heterocycles. The maximum Gasteiger partial charge on any atom is 0.336 e. The molecule has 2 N–H and O–H groups in total. The molecule has 2 aromatic rings. The molecule has 6 nitrogen and oxygen atoms in total. The van der Waals surface area contributed by atoms with Crippen LogP contribution in [0.25, 0.3) is 0 Å². The van der Waals surface area contributed by atoms with Crippen molar-refractivity contribution in [1.82, 2.24) is 9.97 Å². The quantitative estimate of drug-likeness (QED) is 0.330. The zero-order valence-corrected chi connectivity index (χ0v) is 16.8. The van der Waals surface area contributed by atoms with Gasteiger partial charge in [0, 0.05) is 11.4 Å². The number of unbranched alkanes of at least 4 members (excludes halogenated alkanes) is 1. The predicted octanol–water partition coefficient (Wildman–Crippen LogP) is 3.81. The van der Waals surface area contributed by atoms with Gasteiger partial charge >= 0.3 is 5.97 Å². The van der Waals surface area contributed by atoms with Crippen molar-refractivity contribution in [2.75, 3.05) is 18.2 Å². The SMILES string of the molecule is CCCCSc1nc2c(c(=O)[nH]1)[C@H](c1cccc(F)c1)C(C(=O)OC)=C(C)N2. The zero-order chi connectivity index (χ0) is 20.3. The Hall–Kier alpha value is -2.61. The second-order valence-corrected chi connectivity index (χ2v) is 7.56. The molecule has 148 valence electrons. The Morgan fingerprint density at radius 2 is 2.18 bits per heavy atom. The molecule has 1 aromatic carbocycles. The van der Waals surface area contributed by atoms with Gasteiger partial charge in [0.1, 0.15) is 11.6 Å². The van der Waals surface area contributed by atoms with Crippen LogP contribution >= 0.6 is 11.8 Å². The number of carbonyl (C=O) groups is 1. The number of anilines is 1. The molecule has 28 heavy (non-hydrogen) atoms. The molecule has 0 bridgehead atoms. The number of rotatable bonds is 6. The second-order valence-electron chi connectivity index (χ2n) is 6.48. The molecule has 0 aliphatic carbocycles. The zero-order valence-electron chi connectivity index (χ0n) is 16.0. The Kier molecular flexibility index (Phi) is 6.18. The number of aromatic nitrogens is 2. The topological polar surface area (TPSA) is 84.1 Å². The maximum absolute atomic E-state index is 13.9. The summed E-state index contributed by atoms with van der Waals surface area (Å²) in [4.78, 5) is 32.7. The van der Waals surface area contributed by atoms with Crippen molar-refractivity contribution in [3.8, 4) is 0 Å². The van der Waals surface area contributed by atoms with E-state index in [1.54, 1.807) is 19.1 Å². The molecule has 0 spiro atoms. The lowest BCUT2D eigenvalue weighted by Crippen LogP contribution is -2.31. The van der Waals surface area contributed by atoms with Crippen molar-refractivity contribution in [1.29, 1.82) is 0 Å². The number of nitrogens with zero attached hydrogens (tertiary/aromatic N) is 1. The standard InChI is InChI=1S/C20H22FN3O3S/c1-4-5-9-28-20-23-17-16(18(25)24-20)15(12-7-6-8-13(21)10-12)14(11(2)22-17)19(26)27-3/h6-8,10,15H,4-5,9H2,1-3H3,(H2,22,23,24,25)/t15-/m1/s1. The fourth-order valence-corrected chi connectivity index (χ4v) is 4.16. The number of esters is 1. The van der Waals surface area contributed by atoms with Crippen molar-refractivity contribution in [2.45, 2.75) is 37.8 Å². The van der Waals surface area contributed by atoms with Crippen LogP contribution in [-0.2, 0) is 9.53 Å². The number of H-pyrrole nitrogens is 1. The molecule has 1 aliphatic rings. The summed E-state index contributed by atoms with van der Waals surface area (Å²) in [5.74, 6) is -0.581. The van der Waals surface area contributed by atoms with Crippen LogP contribution < -0.4 is 10.9 Å². The molecule has 0 saturated carbocycles. The Labute approximate surface area is 166 Å². The highest BCUT2D eigenvalue weighted by Gasteiger charge is 2.36. The lowest BCUT2D eigenvalue weighted by molar-refractivity contribution is -0.136. The van der Waals surface area contributed by atoms with Gasteiger partial charge < -0.3 is 15.0 Å². The third-order valence-electron chi connectivity index (χ3n) is 4.54. The van der Waals surface area contributed by atoms with Gasteiger partial charge in [-0.1, -0.05) is 37.2 Å². The van der Waals surface area contributed by atoms with Crippen LogP contribution in [0.3, 0.4) is 0 Å². The van der Waals surface area contributed by atoms with Crippen LogP contribution in [-0.4, -0.2) is 28.8 Å². The average Bonchev–Trinajstić information content (AvgIpc) is 2.66. The summed E-state index contributed by atoms with van der Waals surface area (Å²) in [5.41, 5.74) is 1.19. The van der Waals surface area contributed by atoms with Gasteiger partial charge in [-0.15, -0.1) is 0 Å². The van der Waals surface area contributed by atoms with E-state index >= 15 is 0 Å². The van der Waals surface area contributed by atoms with E-state index in [2.05, 4.69) is 22.2 Å². The number of fused-ring (bicyclic) bond motifs is 1. The van der Waals surface area contributed by atoms with Crippen LogP contribution in [0.2, 0.25) is 0 Å². The van der Waals surface area contributed by atoms with E-state index in [1.807, 2.05) is 0 Å². The first-order chi connectivity index (χ1) is 13.5. The summed E-state index contributed by atoms with van der Waals surface area (Å²) in [6.07, 6.45) is 2.06. The van der Waals surface area contributed by atoms with E-state index in [9.17, 15) is 14.0 Å². The maximum atomic E-state index is 13.9. The minimum atomic E-state index is -0.773. The van der Waals surface area contributed by atoms with E-state index in [4.69, 9.17) is 4.74 Å². The Morgan fingerprint density at radius 3 is 2.86 bits per heavy atom. The molecule has 0 unspecified atom stereocenters. The number of ether oxygens (including phenoxy) is 1. The molecule has 0 fully saturated rings. The normalized spacial score (nSPS) is 15.8. The molecule has 1 aliphatic heterocycles. The van der Waals surface area contributed by atoms with E-state index in [0.29, 0.717) is 22.2 Å². The molecule has 1 aromatic heterocycles. The minimum absolute atomic E-state index is 0.263. The average molecular weight is 403 g/mol. The monoisotopic (exact) mass is 403 g/mol. The van der Waals surface area contributed by atoms with Gasteiger partial charge in [0.2, 0.25) is 0 Å². The first-order valence-corrected chi connectivity index (χ1v) is 10.0. The van der Waals surface area contributed by atoms with Gasteiger partial charge in [-0.3, -0.25) is 4.79 Å². The first-order valence-electron chi connectivity index (χ1n) is 9.04. The molecule has 0 amide bonds. The largest absolute Gasteiger partial charge is 0.466 e. The van der Waals surface area contributed by atoms with Gasteiger partial charge in [0.15, 0.2) is 5.16 Å². The van der Waals surface area contributed by atoms with Gasteiger partial charge in [0.05, 0.1) is 24.2 Å². The Morgan fingerprint density at radius 1 is 1.39 bits per heavy atom. The summed E-state index contributed by atoms with van der Waals surface area (Å²) in [6.45, 7) is 3.81. The van der Waals surface area contributed by atoms with Crippen LogP contribution in [0.15, 0.2) is 45.5 Å². The van der Waals surface area contributed by atoms with Crippen LogP contribution in [0, 0.1) is 5.82 Å². The van der Waals surface area contributed by atoms with Crippen molar-refractivity contribution < 1.29 is 13.9 Å². The fourth-order valence-electron chi connectivity index (χ4n) is 3.21. The molecule has 8 heteroatoms. The summed E-state index contributed by atoms with van der Waals surface area (Å²) >= 11 is 1.47. The number of hydrogen-bond donors (Lipinski definition) is 2. The summed E-state index contributed by atoms with van der Waals surface area (Å²) < 4.78 is 18.8. The highest BCUT2D eigenvalue weighted by Crippen LogP contribution is 2.40. The van der Waals surface area contributed by atoms with Gasteiger partial charge in [-0.25, -0.2) is 14.2 Å². The molecule has 2 heterocycles. The number of halogens is 1. The van der Waals surface area contributed by atoms with E-state index < -0.39 is 17.7 Å². The summed E-state index contributed by atoms with van der Waals surface area (Å²) in [7, 11) is 1.27. The van der Waals surface area contributed by atoms with E-state index in [-0.39, 0.29) is 16.7 Å². The second kappa shape index (κ2) is 8.60. The molecule has 3 rings (SSSR count).